The van der Waals surface area contributed by atoms with Crippen LogP contribution in [0, 0.1) is 13.8 Å². The average Bonchev–Trinajstić information content (AvgIpc) is 3.23. The van der Waals surface area contributed by atoms with Crippen molar-refractivity contribution in [3.63, 3.8) is 0 Å². The van der Waals surface area contributed by atoms with Gasteiger partial charge in [-0.3, -0.25) is 0 Å². The molecular weight excluding hydrogens is 330 g/mol. The van der Waals surface area contributed by atoms with Gasteiger partial charge in [-0.15, -0.1) is 0 Å². The molecule has 7 heteroatoms. The van der Waals surface area contributed by atoms with Gasteiger partial charge >= 0.3 is 0 Å². The van der Waals surface area contributed by atoms with Crippen LogP contribution in [-0.4, -0.2) is 38.4 Å². The van der Waals surface area contributed by atoms with Crippen molar-refractivity contribution >= 4 is 16.7 Å². The van der Waals surface area contributed by atoms with Crippen molar-refractivity contribution in [1.29, 1.82) is 0 Å². The van der Waals surface area contributed by atoms with Crippen molar-refractivity contribution in [2.45, 2.75) is 26.8 Å². The molecule has 7 nitrogen and oxygen atoms in total. The lowest BCUT2D eigenvalue weighted by molar-refractivity contribution is 0.354. The number of rotatable bonds is 5. The van der Waals surface area contributed by atoms with Crippen LogP contribution in [0.15, 0.2) is 30.9 Å². The van der Waals surface area contributed by atoms with E-state index < -0.39 is 0 Å². The number of ether oxygens (including phenoxy) is 2. The highest BCUT2D eigenvalue weighted by Gasteiger charge is 2.16. The molecule has 0 saturated carbocycles. The Morgan fingerprint density at radius 3 is 2.58 bits per heavy atom. The van der Waals surface area contributed by atoms with Gasteiger partial charge in [-0.05, 0) is 43.5 Å². The summed E-state index contributed by atoms with van der Waals surface area (Å²) in [6.07, 6.45) is 4.15. The van der Waals surface area contributed by atoms with E-state index >= 15 is 0 Å². The molecule has 0 saturated heterocycles. The van der Waals surface area contributed by atoms with Crippen molar-refractivity contribution in [2.75, 3.05) is 14.2 Å². The fourth-order valence-electron chi connectivity index (χ4n) is 3.42. The van der Waals surface area contributed by atoms with E-state index in [0.717, 1.165) is 41.1 Å². The lowest BCUT2D eigenvalue weighted by Crippen LogP contribution is -2.05. The monoisotopic (exact) mass is 351 g/mol. The molecule has 4 rings (SSSR count). The summed E-state index contributed by atoms with van der Waals surface area (Å²) in [6, 6.07) is 6.04. The van der Waals surface area contributed by atoms with Crippen molar-refractivity contribution in [2.24, 2.45) is 0 Å². The highest BCUT2D eigenvalue weighted by atomic mass is 16.5. The minimum Gasteiger partial charge on any atom is -0.493 e. The summed E-state index contributed by atoms with van der Waals surface area (Å²) in [5.41, 5.74) is 5.37. The molecule has 4 aromatic rings. The molecule has 0 fully saturated rings. The van der Waals surface area contributed by atoms with E-state index in [1.54, 1.807) is 31.4 Å². The summed E-state index contributed by atoms with van der Waals surface area (Å²) in [5.74, 6) is 1.49. The van der Waals surface area contributed by atoms with Crippen LogP contribution in [0.1, 0.15) is 16.8 Å². The molecule has 1 aromatic carbocycles. The molecule has 0 radical (unpaired) electrons. The quantitative estimate of drug-likeness (QED) is 0.553. The van der Waals surface area contributed by atoms with Gasteiger partial charge in [-0.1, -0.05) is 6.07 Å². The first kappa shape index (κ1) is 16.4. The van der Waals surface area contributed by atoms with Crippen LogP contribution in [0.25, 0.3) is 16.7 Å². The molecule has 0 aliphatic heterocycles. The van der Waals surface area contributed by atoms with E-state index in [1.807, 2.05) is 12.1 Å². The lowest BCUT2D eigenvalue weighted by Gasteiger charge is -2.11. The van der Waals surface area contributed by atoms with Crippen LogP contribution >= 0.6 is 0 Å². The Hall–Kier alpha value is -3.09. The third-order valence-corrected chi connectivity index (χ3v) is 4.96. The summed E-state index contributed by atoms with van der Waals surface area (Å²) in [6.45, 7) is 5.06. The zero-order valence-electron chi connectivity index (χ0n) is 15.4. The average molecular weight is 351 g/mol. The normalized spacial score (nSPS) is 11.4. The van der Waals surface area contributed by atoms with Crippen molar-refractivity contribution in [1.82, 2.24) is 24.1 Å². The van der Waals surface area contributed by atoms with E-state index in [-0.39, 0.29) is 0 Å². The van der Waals surface area contributed by atoms with Crippen LogP contribution in [-0.2, 0) is 13.0 Å². The van der Waals surface area contributed by atoms with Crippen LogP contribution in [0.2, 0.25) is 0 Å². The number of aromatic nitrogens is 5. The molecule has 0 atom stereocenters. The number of aryl methyl sites for hydroxylation is 3. The van der Waals surface area contributed by atoms with Gasteiger partial charge in [0.15, 0.2) is 17.1 Å². The van der Waals surface area contributed by atoms with Gasteiger partial charge in [0.25, 0.3) is 0 Å². The first-order valence-electron chi connectivity index (χ1n) is 8.48. The van der Waals surface area contributed by atoms with Crippen LogP contribution in [0.5, 0.6) is 11.5 Å². The Balaban J connectivity index is 1.71. The predicted molar refractivity (Wildman–Crippen MR) is 99.0 cm³/mol. The summed E-state index contributed by atoms with van der Waals surface area (Å²) >= 11 is 0. The Morgan fingerprint density at radius 1 is 1.00 bits per heavy atom. The molecule has 0 aliphatic rings. The van der Waals surface area contributed by atoms with Gasteiger partial charge in [0.1, 0.15) is 18.3 Å². The molecule has 26 heavy (non-hydrogen) atoms. The van der Waals surface area contributed by atoms with Crippen molar-refractivity contribution < 1.29 is 9.47 Å². The standard InChI is InChI=1S/C19H21N5O2/c1-12-13(2)23(18-17(12)19-20-10-22-24(19)11-21-18)8-7-14-5-6-15(25-3)16(9-14)26-4/h5-6,9-11H,7-8H2,1-4H3. The first-order chi connectivity index (χ1) is 12.6. The van der Waals surface area contributed by atoms with E-state index in [2.05, 4.69) is 39.5 Å². The number of hydrogen-bond donors (Lipinski definition) is 0. The summed E-state index contributed by atoms with van der Waals surface area (Å²) in [4.78, 5) is 9.01. The van der Waals surface area contributed by atoms with Gasteiger partial charge in [-0.2, -0.15) is 5.10 Å². The third kappa shape index (κ3) is 2.47. The first-order valence-corrected chi connectivity index (χ1v) is 8.48. The number of fused-ring (bicyclic) bond motifs is 3. The fraction of sp³-hybridized carbons (Fsp3) is 0.316. The Morgan fingerprint density at radius 2 is 1.81 bits per heavy atom. The topological polar surface area (TPSA) is 66.5 Å². The molecular formula is C19H21N5O2. The minimum atomic E-state index is 0.741. The molecule has 0 aliphatic carbocycles. The van der Waals surface area contributed by atoms with Crippen LogP contribution in [0.4, 0.5) is 0 Å². The van der Waals surface area contributed by atoms with Crippen molar-refractivity contribution in [3.05, 3.63) is 47.7 Å². The number of benzene rings is 1. The number of nitrogens with zero attached hydrogens (tertiary/aromatic N) is 5. The SMILES string of the molecule is COc1ccc(CCn2c(C)c(C)c3c2ncn2ncnc32)cc1OC. The maximum Gasteiger partial charge on any atom is 0.168 e. The molecule has 0 spiro atoms. The Labute approximate surface area is 151 Å². The van der Waals surface area contributed by atoms with Gasteiger partial charge < -0.3 is 14.0 Å². The van der Waals surface area contributed by atoms with Crippen LogP contribution in [0.3, 0.4) is 0 Å². The molecule has 0 unspecified atom stereocenters. The van der Waals surface area contributed by atoms with Gasteiger partial charge in [0, 0.05) is 12.2 Å². The number of methoxy groups -OCH3 is 2. The molecule has 134 valence electrons. The highest BCUT2D eigenvalue weighted by Crippen LogP contribution is 2.29. The highest BCUT2D eigenvalue weighted by molar-refractivity contribution is 5.93. The van der Waals surface area contributed by atoms with E-state index in [0.29, 0.717) is 0 Å². The van der Waals surface area contributed by atoms with Crippen molar-refractivity contribution in [3.8, 4) is 11.5 Å². The zero-order chi connectivity index (χ0) is 18.3. The van der Waals surface area contributed by atoms with Gasteiger partial charge in [0.05, 0.1) is 19.6 Å². The zero-order valence-corrected chi connectivity index (χ0v) is 15.4. The van der Waals surface area contributed by atoms with E-state index in [9.17, 15) is 0 Å². The predicted octanol–water partition coefficient (Wildman–Crippen LogP) is 2.96. The minimum absolute atomic E-state index is 0.741. The second-order valence-electron chi connectivity index (χ2n) is 6.27. The van der Waals surface area contributed by atoms with Gasteiger partial charge in [-0.25, -0.2) is 14.5 Å². The van der Waals surface area contributed by atoms with E-state index in [1.165, 1.54) is 16.8 Å². The fourth-order valence-corrected chi connectivity index (χ4v) is 3.42. The van der Waals surface area contributed by atoms with Crippen LogP contribution < -0.4 is 9.47 Å². The third-order valence-electron chi connectivity index (χ3n) is 4.96. The molecule has 0 amide bonds. The second-order valence-corrected chi connectivity index (χ2v) is 6.27. The number of hydrogen-bond acceptors (Lipinski definition) is 5. The molecule has 3 aromatic heterocycles. The smallest absolute Gasteiger partial charge is 0.168 e. The van der Waals surface area contributed by atoms with Gasteiger partial charge in [0.2, 0.25) is 0 Å². The molecule has 0 N–H and O–H groups in total. The summed E-state index contributed by atoms with van der Waals surface area (Å²) in [5, 5.41) is 5.25. The largest absolute Gasteiger partial charge is 0.493 e. The van der Waals surface area contributed by atoms with E-state index in [4.69, 9.17) is 9.47 Å². The molecule has 0 bridgehead atoms. The summed E-state index contributed by atoms with van der Waals surface area (Å²) in [7, 11) is 3.30. The second kappa shape index (κ2) is 6.33. The Bertz CT molecular complexity index is 1100. The maximum atomic E-state index is 5.40. The summed E-state index contributed by atoms with van der Waals surface area (Å²) < 4.78 is 14.7. The Kier molecular flexibility index (Phi) is 3.99. The molecule has 3 heterocycles. The lowest BCUT2D eigenvalue weighted by atomic mass is 10.1. The maximum absolute atomic E-state index is 5.40.